The largest absolute Gasteiger partial charge is 0.310 e. The lowest BCUT2D eigenvalue weighted by Crippen LogP contribution is -2.11. The predicted molar refractivity (Wildman–Crippen MR) is 256 cm³/mol. The minimum Gasteiger partial charge on any atom is -0.310 e. The number of fused-ring (bicyclic) bond motifs is 4. The van der Waals surface area contributed by atoms with E-state index in [1.165, 1.54) is 71.0 Å². The SMILES string of the molecule is Cc1ccc(N(c2ccc(-c3c4ccccc4c(N(c4ccc(C)cc4)c4ccc5cc(Br)ccc5c4)c4ccccc34)cc2)c2ccc3cc(Br)ccc3c2)cc1. The summed E-state index contributed by atoms with van der Waals surface area (Å²) in [6, 6.07) is 71.1. The van der Waals surface area contributed by atoms with Crippen molar-refractivity contribution in [2.75, 3.05) is 9.80 Å². The second-order valence-electron chi connectivity index (χ2n) is 15.1. The van der Waals surface area contributed by atoms with Crippen LogP contribution in [0.5, 0.6) is 0 Å². The zero-order chi connectivity index (χ0) is 39.3. The fraction of sp³-hybridized carbons (Fsp3) is 0.0370. The smallest absolute Gasteiger partial charge is 0.0618 e. The number of nitrogens with zero attached hydrogens (tertiary/aromatic N) is 2. The molecule has 0 fully saturated rings. The molecular formula is C54H38Br2N2. The zero-order valence-electron chi connectivity index (χ0n) is 32.1. The van der Waals surface area contributed by atoms with E-state index in [2.05, 4.69) is 250 Å². The fourth-order valence-corrected chi connectivity index (χ4v) is 9.12. The third-order valence-corrected chi connectivity index (χ3v) is 12.2. The highest BCUT2D eigenvalue weighted by molar-refractivity contribution is 9.10. The van der Waals surface area contributed by atoms with E-state index >= 15 is 0 Å². The number of benzene rings is 10. The van der Waals surface area contributed by atoms with Crippen LogP contribution in [0.3, 0.4) is 0 Å². The average molecular weight is 875 g/mol. The Bertz CT molecular complexity index is 3100. The maximum Gasteiger partial charge on any atom is 0.0618 e. The minimum absolute atomic E-state index is 1.08. The van der Waals surface area contributed by atoms with Crippen molar-refractivity contribution < 1.29 is 0 Å². The Morgan fingerprint density at radius 2 is 0.690 bits per heavy atom. The first kappa shape index (κ1) is 36.2. The van der Waals surface area contributed by atoms with Gasteiger partial charge in [-0.25, -0.2) is 0 Å². The van der Waals surface area contributed by atoms with Gasteiger partial charge in [0, 0.05) is 48.2 Å². The van der Waals surface area contributed by atoms with Crippen LogP contribution in [0.4, 0.5) is 34.1 Å². The highest BCUT2D eigenvalue weighted by Gasteiger charge is 2.23. The average Bonchev–Trinajstić information content (AvgIpc) is 3.25. The lowest BCUT2D eigenvalue weighted by molar-refractivity contribution is 1.28. The molecule has 0 aromatic heterocycles. The number of hydrogen-bond acceptors (Lipinski definition) is 2. The molecule has 4 heteroatoms. The normalized spacial score (nSPS) is 11.4. The van der Waals surface area contributed by atoms with Crippen LogP contribution in [-0.2, 0) is 0 Å². The van der Waals surface area contributed by atoms with Gasteiger partial charge < -0.3 is 9.80 Å². The van der Waals surface area contributed by atoms with Gasteiger partial charge in [-0.3, -0.25) is 0 Å². The van der Waals surface area contributed by atoms with Crippen LogP contribution in [0, 0.1) is 13.8 Å². The Balaban J connectivity index is 1.16. The summed E-state index contributed by atoms with van der Waals surface area (Å²) in [4.78, 5) is 4.80. The van der Waals surface area contributed by atoms with E-state index in [9.17, 15) is 0 Å². The van der Waals surface area contributed by atoms with Crippen molar-refractivity contribution >= 4 is 109 Å². The Labute approximate surface area is 355 Å². The summed E-state index contributed by atoms with van der Waals surface area (Å²) in [5, 5.41) is 9.61. The van der Waals surface area contributed by atoms with E-state index in [1.54, 1.807) is 0 Å². The van der Waals surface area contributed by atoms with Gasteiger partial charge in [0.1, 0.15) is 0 Å². The van der Waals surface area contributed by atoms with Gasteiger partial charge >= 0.3 is 0 Å². The van der Waals surface area contributed by atoms with Crippen LogP contribution in [0.2, 0.25) is 0 Å². The molecule has 0 aliphatic carbocycles. The van der Waals surface area contributed by atoms with Crippen molar-refractivity contribution in [1.82, 2.24) is 0 Å². The van der Waals surface area contributed by atoms with Gasteiger partial charge in [0.15, 0.2) is 0 Å². The highest BCUT2D eigenvalue weighted by atomic mass is 79.9. The standard InChI is InChI=1S/C54H38Br2N2/c1-35-11-23-44(24-12-35)57(47-29-19-38-31-42(55)21-15-40(38)33-47)45-27-17-37(18-28-45)53-49-7-3-5-9-51(49)54(52-10-6-4-8-50(52)53)58(46-25-13-36(2)14-26-46)48-30-20-39-32-43(56)22-16-41(39)34-48/h3-34H,1-2H3. The molecule has 0 atom stereocenters. The third kappa shape index (κ3) is 6.62. The van der Waals surface area contributed by atoms with Crippen molar-refractivity contribution in [2.45, 2.75) is 13.8 Å². The number of rotatable bonds is 7. The Morgan fingerprint density at radius 3 is 1.17 bits per heavy atom. The first-order valence-electron chi connectivity index (χ1n) is 19.5. The van der Waals surface area contributed by atoms with Gasteiger partial charge in [0.2, 0.25) is 0 Å². The van der Waals surface area contributed by atoms with Crippen LogP contribution in [-0.4, -0.2) is 0 Å². The predicted octanol–water partition coefficient (Wildman–Crippen LogP) is 17.0. The molecule has 10 rings (SSSR count). The molecule has 58 heavy (non-hydrogen) atoms. The summed E-state index contributed by atoms with van der Waals surface area (Å²) < 4.78 is 2.16. The summed E-state index contributed by atoms with van der Waals surface area (Å²) in [5.41, 5.74) is 11.6. The Hall–Kier alpha value is -6.20. The van der Waals surface area contributed by atoms with E-state index in [0.29, 0.717) is 0 Å². The van der Waals surface area contributed by atoms with Crippen molar-refractivity contribution in [3.63, 3.8) is 0 Å². The molecule has 0 aliphatic heterocycles. The maximum absolute atomic E-state index is 3.67. The van der Waals surface area contributed by atoms with Crippen LogP contribution >= 0.6 is 31.9 Å². The summed E-state index contributed by atoms with van der Waals surface area (Å²) in [7, 11) is 0. The van der Waals surface area contributed by atoms with Gasteiger partial charge in [0.25, 0.3) is 0 Å². The zero-order valence-corrected chi connectivity index (χ0v) is 35.3. The monoisotopic (exact) mass is 872 g/mol. The van der Waals surface area contributed by atoms with Crippen LogP contribution in [0.15, 0.2) is 203 Å². The molecule has 10 aromatic rings. The maximum atomic E-state index is 3.67. The summed E-state index contributed by atoms with van der Waals surface area (Å²) in [6.07, 6.45) is 0. The number of aryl methyl sites for hydroxylation is 2. The number of hydrogen-bond donors (Lipinski definition) is 0. The molecule has 278 valence electrons. The lowest BCUT2D eigenvalue weighted by Gasteiger charge is -2.30. The Morgan fingerprint density at radius 1 is 0.328 bits per heavy atom. The molecule has 2 nitrogen and oxygen atoms in total. The first-order chi connectivity index (χ1) is 28.4. The van der Waals surface area contributed by atoms with Gasteiger partial charge in [-0.15, -0.1) is 0 Å². The molecule has 0 radical (unpaired) electrons. The van der Waals surface area contributed by atoms with Gasteiger partial charge in [-0.05, 0) is 142 Å². The second-order valence-corrected chi connectivity index (χ2v) is 16.9. The molecule has 0 bridgehead atoms. The fourth-order valence-electron chi connectivity index (χ4n) is 8.36. The van der Waals surface area contributed by atoms with Crippen molar-refractivity contribution in [2.24, 2.45) is 0 Å². The molecule has 10 aromatic carbocycles. The second kappa shape index (κ2) is 14.9. The molecule has 0 saturated heterocycles. The summed E-state index contributed by atoms with van der Waals surface area (Å²) in [5.74, 6) is 0. The first-order valence-corrected chi connectivity index (χ1v) is 21.1. The van der Waals surface area contributed by atoms with Crippen LogP contribution in [0.25, 0.3) is 54.2 Å². The van der Waals surface area contributed by atoms with Gasteiger partial charge in [-0.2, -0.15) is 0 Å². The van der Waals surface area contributed by atoms with Crippen molar-refractivity contribution in [1.29, 1.82) is 0 Å². The van der Waals surface area contributed by atoms with E-state index in [0.717, 1.165) is 37.4 Å². The van der Waals surface area contributed by atoms with Gasteiger partial charge in [0.05, 0.1) is 5.69 Å². The molecule has 0 N–H and O–H groups in total. The Kier molecular flexibility index (Phi) is 9.32. The molecule has 0 heterocycles. The van der Waals surface area contributed by atoms with Crippen molar-refractivity contribution in [3.05, 3.63) is 214 Å². The van der Waals surface area contributed by atoms with E-state index in [-0.39, 0.29) is 0 Å². The minimum atomic E-state index is 1.08. The highest BCUT2D eigenvalue weighted by Crippen LogP contribution is 2.49. The third-order valence-electron chi connectivity index (χ3n) is 11.2. The molecule has 0 spiro atoms. The summed E-state index contributed by atoms with van der Waals surface area (Å²) in [6.45, 7) is 4.28. The van der Waals surface area contributed by atoms with Crippen LogP contribution in [0.1, 0.15) is 11.1 Å². The quantitative estimate of drug-likeness (QED) is 0.147. The number of halogens is 2. The molecule has 0 aliphatic rings. The van der Waals surface area contributed by atoms with Gasteiger partial charge in [-0.1, -0.05) is 152 Å². The lowest BCUT2D eigenvalue weighted by atomic mass is 9.89. The van der Waals surface area contributed by atoms with Crippen molar-refractivity contribution in [3.8, 4) is 11.1 Å². The molecule has 0 amide bonds. The van der Waals surface area contributed by atoms with E-state index in [1.807, 2.05) is 0 Å². The summed E-state index contributed by atoms with van der Waals surface area (Å²) >= 11 is 7.32. The van der Waals surface area contributed by atoms with Crippen LogP contribution < -0.4 is 9.80 Å². The molecule has 0 saturated carbocycles. The topological polar surface area (TPSA) is 6.48 Å². The number of anilines is 6. The molecule has 0 unspecified atom stereocenters. The molecular weight excluding hydrogens is 836 g/mol. The van der Waals surface area contributed by atoms with E-state index < -0.39 is 0 Å². The van der Waals surface area contributed by atoms with E-state index in [4.69, 9.17) is 0 Å².